The summed E-state index contributed by atoms with van der Waals surface area (Å²) in [6.45, 7) is 0.295. The fourth-order valence-corrected chi connectivity index (χ4v) is 1.84. The van der Waals surface area contributed by atoms with Crippen LogP contribution in [0, 0.1) is 0 Å². The van der Waals surface area contributed by atoms with Crippen molar-refractivity contribution < 1.29 is 9.53 Å². The van der Waals surface area contributed by atoms with Crippen LogP contribution in [0.5, 0.6) is 5.75 Å². The molecule has 0 aliphatic heterocycles. The van der Waals surface area contributed by atoms with Crippen LogP contribution < -0.4 is 15.6 Å². The summed E-state index contributed by atoms with van der Waals surface area (Å²) in [7, 11) is 1.53. The van der Waals surface area contributed by atoms with Gasteiger partial charge in [0.25, 0.3) is 11.5 Å². The lowest BCUT2D eigenvalue weighted by atomic mass is 10.2. The van der Waals surface area contributed by atoms with Gasteiger partial charge in [0, 0.05) is 12.6 Å². The molecular formula is C13H12ClN3O3. The molecule has 1 heterocycles. The first-order valence-electron chi connectivity index (χ1n) is 5.76. The van der Waals surface area contributed by atoms with Crippen LogP contribution in [0.1, 0.15) is 16.1 Å². The molecule has 0 saturated heterocycles. The van der Waals surface area contributed by atoms with E-state index >= 15 is 0 Å². The van der Waals surface area contributed by atoms with Crippen molar-refractivity contribution in [1.29, 1.82) is 0 Å². The minimum atomic E-state index is -0.381. The fraction of sp³-hybridized carbons (Fsp3) is 0.154. The van der Waals surface area contributed by atoms with E-state index in [0.29, 0.717) is 17.3 Å². The number of carbonyl (C=O) groups excluding carboxylic acids is 1. The largest absolute Gasteiger partial charge is 0.495 e. The molecule has 0 aliphatic rings. The van der Waals surface area contributed by atoms with Crippen LogP contribution >= 0.6 is 11.6 Å². The zero-order valence-corrected chi connectivity index (χ0v) is 11.4. The van der Waals surface area contributed by atoms with E-state index in [2.05, 4.69) is 15.5 Å². The molecule has 1 aromatic heterocycles. The van der Waals surface area contributed by atoms with E-state index in [9.17, 15) is 9.59 Å². The molecule has 2 N–H and O–H groups in total. The van der Waals surface area contributed by atoms with Gasteiger partial charge in [-0.05, 0) is 23.8 Å². The summed E-state index contributed by atoms with van der Waals surface area (Å²) >= 11 is 5.99. The summed E-state index contributed by atoms with van der Waals surface area (Å²) in [5.74, 6) is 0.192. The van der Waals surface area contributed by atoms with Crippen molar-refractivity contribution in [3.05, 3.63) is 57.0 Å². The number of methoxy groups -OCH3 is 1. The second-order valence-electron chi connectivity index (χ2n) is 3.96. The normalized spacial score (nSPS) is 10.1. The van der Waals surface area contributed by atoms with Crippen molar-refractivity contribution >= 4 is 17.5 Å². The third kappa shape index (κ3) is 3.36. The Balaban J connectivity index is 2.01. The van der Waals surface area contributed by atoms with Crippen molar-refractivity contribution in [1.82, 2.24) is 15.5 Å². The highest BCUT2D eigenvalue weighted by Gasteiger charge is 2.08. The second kappa shape index (κ2) is 6.21. The number of rotatable bonds is 4. The van der Waals surface area contributed by atoms with Crippen molar-refractivity contribution in [2.45, 2.75) is 6.54 Å². The molecule has 7 heteroatoms. The molecule has 2 aromatic rings. The topological polar surface area (TPSA) is 84.1 Å². The van der Waals surface area contributed by atoms with Crippen LogP contribution in [0.25, 0.3) is 0 Å². The number of benzene rings is 1. The number of H-pyrrole nitrogens is 1. The number of amides is 1. The van der Waals surface area contributed by atoms with E-state index in [1.165, 1.54) is 19.2 Å². The lowest BCUT2D eigenvalue weighted by Crippen LogP contribution is -2.25. The van der Waals surface area contributed by atoms with Gasteiger partial charge >= 0.3 is 0 Å². The molecule has 0 unspecified atom stereocenters. The number of hydrogen-bond acceptors (Lipinski definition) is 4. The zero-order valence-electron chi connectivity index (χ0n) is 10.6. The smallest absolute Gasteiger partial charge is 0.271 e. The first kappa shape index (κ1) is 14.1. The molecule has 104 valence electrons. The molecule has 0 atom stereocenters. The molecule has 6 nitrogen and oxygen atoms in total. The Hall–Kier alpha value is -2.34. The van der Waals surface area contributed by atoms with Crippen LogP contribution in [-0.2, 0) is 6.54 Å². The molecule has 0 aliphatic carbocycles. The average molecular weight is 294 g/mol. The van der Waals surface area contributed by atoms with Crippen LogP contribution in [0.4, 0.5) is 0 Å². The molecule has 2 rings (SSSR count). The molecule has 20 heavy (non-hydrogen) atoms. The van der Waals surface area contributed by atoms with E-state index in [4.69, 9.17) is 16.3 Å². The van der Waals surface area contributed by atoms with E-state index < -0.39 is 0 Å². The van der Waals surface area contributed by atoms with Gasteiger partial charge in [0.1, 0.15) is 11.4 Å². The molecule has 0 saturated carbocycles. The summed E-state index contributed by atoms with van der Waals surface area (Å²) in [5, 5.41) is 8.99. The van der Waals surface area contributed by atoms with E-state index in [-0.39, 0.29) is 17.2 Å². The monoisotopic (exact) mass is 293 g/mol. The average Bonchev–Trinajstić information content (AvgIpc) is 2.45. The Kier molecular flexibility index (Phi) is 4.37. The number of halogens is 1. The minimum Gasteiger partial charge on any atom is -0.495 e. The summed E-state index contributed by atoms with van der Waals surface area (Å²) in [6.07, 6.45) is 0. The first-order valence-corrected chi connectivity index (χ1v) is 6.14. The van der Waals surface area contributed by atoms with Crippen LogP contribution in [0.2, 0.25) is 5.02 Å². The summed E-state index contributed by atoms with van der Waals surface area (Å²) in [4.78, 5) is 22.6. The standard InChI is InChI=1S/C13H12ClN3O3/c1-20-11-4-2-8(6-9(11)14)7-15-13(19)10-3-5-12(18)17-16-10/h2-6H,7H2,1H3,(H,15,19)(H,17,18). The second-order valence-corrected chi connectivity index (χ2v) is 4.37. The fourth-order valence-electron chi connectivity index (χ4n) is 1.56. The van der Waals surface area contributed by atoms with Crippen LogP contribution in [0.15, 0.2) is 35.1 Å². The van der Waals surface area contributed by atoms with Gasteiger partial charge in [0.2, 0.25) is 0 Å². The molecule has 0 spiro atoms. The van der Waals surface area contributed by atoms with Gasteiger partial charge in [-0.25, -0.2) is 5.10 Å². The molecule has 0 fully saturated rings. The quantitative estimate of drug-likeness (QED) is 0.891. The Morgan fingerprint density at radius 1 is 1.40 bits per heavy atom. The van der Waals surface area contributed by atoms with Gasteiger partial charge in [0.15, 0.2) is 0 Å². The van der Waals surface area contributed by atoms with E-state index in [0.717, 1.165) is 5.56 Å². The Morgan fingerprint density at radius 2 is 2.20 bits per heavy atom. The lowest BCUT2D eigenvalue weighted by Gasteiger charge is -2.07. The van der Waals surface area contributed by atoms with Gasteiger partial charge in [-0.1, -0.05) is 17.7 Å². The van der Waals surface area contributed by atoms with Gasteiger partial charge in [-0.3, -0.25) is 9.59 Å². The minimum absolute atomic E-state index is 0.143. The van der Waals surface area contributed by atoms with E-state index in [1.54, 1.807) is 18.2 Å². The van der Waals surface area contributed by atoms with Gasteiger partial charge < -0.3 is 10.1 Å². The van der Waals surface area contributed by atoms with Crippen molar-refractivity contribution in [2.24, 2.45) is 0 Å². The SMILES string of the molecule is COc1ccc(CNC(=O)c2ccc(=O)[nH]n2)cc1Cl. The molecule has 0 bridgehead atoms. The maximum absolute atomic E-state index is 11.8. The third-order valence-electron chi connectivity index (χ3n) is 2.58. The zero-order chi connectivity index (χ0) is 14.5. The molecule has 1 aromatic carbocycles. The van der Waals surface area contributed by atoms with E-state index in [1.807, 2.05) is 0 Å². The van der Waals surface area contributed by atoms with Crippen LogP contribution in [-0.4, -0.2) is 23.2 Å². The maximum atomic E-state index is 11.8. The highest BCUT2D eigenvalue weighted by molar-refractivity contribution is 6.32. The van der Waals surface area contributed by atoms with Crippen molar-refractivity contribution in [2.75, 3.05) is 7.11 Å². The number of hydrogen-bond donors (Lipinski definition) is 2. The summed E-state index contributed by atoms with van der Waals surface area (Å²) < 4.78 is 5.04. The van der Waals surface area contributed by atoms with Gasteiger partial charge in [-0.2, -0.15) is 5.10 Å². The Bertz CT molecular complexity index is 664. The third-order valence-corrected chi connectivity index (χ3v) is 2.88. The lowest BCUT2D eigenvalue weighted by molar-refractivity contribution is 0.0945. The number of aromatic amines is 1. The van der Waals surface area contributed by atoms with Crippen LogP contribution in [0.3, 0.4) is 0 Å². The first-order chi connectivity index (χ1) is 9.60. The Labute approximate surface area is 119 Å². The predicted molar refractivity (Wildman–Crippen MR) is 74.0 cm³/mol. The van der Waals surface area contributed by atoms with Crippen molar-refractivity contribution in [3.63, 3.8) is 0 Å². The molecule has 1 amide bonds. The molecule has 0 radical (unpaired) electrons. The Morgan fingerprint density at radius 3 is 2.80 bits per heavy atom. The number of nitrogens with one attached hydrogen (secondary N) is 2. The highest BCUT2D eigenvalue weighted by Crippen LogP contribution is 2.24. The number of carbonyl (C=O) groups is 1. The van der Waals surface area contributed by atoms with Crippen molar-refractivity contribution in [3.8, 4) is 5.75 Å². The number of ether oxygens (including phenoxy) is 1. The van der Waals surface area contributed by atoms with Gasteiger partial charge in [-0.15, -0.1) is 0 Å². The summed E-state index contributed by atoms with van der Waals surface area (Å²) in [5.41, 5.74) is 0.612. The summed E-state index contributed by atoms with van der Waals surface area (Å²) in [6, 6.07) is 7.83. The number of nitrogens with zero attached hydrogens (tertiary/aromatic N) is 1. The predicted octanol–water partition coefficient (Wildman–Crippen LogP) is 1.36. The molecular weight excluding hydrogens is 282 g/mol. The number of aromatic nitrogens is 2. The highest BCUT2D eigenvalue weighted by atomic mass is 35.5. The van der Waals surface area contributed by atoms with Gasteiger partial charge in [0.05, 0.1) is 12.1 Å². The maximum Gasteiger partial charge on any atom is 0.271 e.